The van der Waals surface area contributed by atoms with Crippen molar-refractivity contribution in [3.05, 3.63) is 29.8 Å². The number of carbonyl (C=O) groups is 2. The molecule has 0 radical (unpaired) electrons. The van der Waals surface area contributed by atoms with E-state index in [-0.39, 0.29) is 11.9 Å². The summed E-state index contributed by atoms with van der Waals surface area (Å²) in [6.45, 7) is 4.89. The standard InChI is InChI=1S/C18H24O4S/c1-3-5-11-21-17(19)15-13-9-7-8-10-14(13)23-16(15)18(20)22-12-6-4-2/h7-10,15-16H,3-6,11-12H2,1-2H3. The van der Waals surface area contributed by atoms with Crippen molar-refractivity contribution in [1.29, 1.82) is 0 Å². The van der Waals surface area contributed by atoms with Gasteiger partial charge < -0.3 is 9.47 Å². The van der Waals surface area contributed by atoms with Crippen molar-refractivity contribution >= 4 is 23.7 Å². The highest BCUT2D eigenvalue weighted by atomic mass is 32.2. The lowest BCUT2D eigenvalue weighted by Gasteiger charge is -2.17. The molecule has 5 heteroatoms. The van der Waals surface area contributed by atoms with Crippen molar-refractivity contribution in [1.82, 2.24) is 0 Å². The minimum absolute atomic E-state index is 0.322. The first-order chi connectivity index (χ1) is 11.2. The summed E-state index contributed by atoms with van der Waals surface area (Å²) in [6.07, 6.45) is 3.60. The Kier molecular flexibility index (Phi) is 6.96. The molecule has 1 aromatic carbocycles. The molecule has 1 aliphatic rings. The van der Waals surface area contributed by atoms with E-state index in [9.17, 15) is 9.59 Å². The average molecular weight is 336 g/mol. The number of carbonyl (C=O) groups excluding carboxylic acids is 2. The summed E-state index contributed by atoms with van der Waals surface area (Å²) < 4.78 is 10.7. The van der Waals surface area contributed by atoms with E-state index in [1.807, 2.05) is 38.1 Å². The number of thioether (sulfide) groups is 1. The van der Waals surface area contributed by atoms with E-state index in [2.05, 4.69) is 0 Å². The van der Waals surface area contributed by atoms with Gasteiger partial charge in [0.25, 0.3) is 0 Å². The van der Waals surface area contributed by atoms with Crippen LogP contribution in [0.5, 0.6) is 0 Å². The predicted octanol–water partition coefficient (Wildman–Crippen LogP) is 3.93. The molecule has 0 saturated heterocycles. The second-order valence-corrected chi connectivity index (χ2v) is 6.78. The van der Waals surface area contributed by atoms with Crippen molar-refractivity contribution in [2.24, 2.45) is 0 Å². The van der Waals surface area contributed by atoms with E-state index in [0.29, 0.717) is 13.2 Å². The molecule has 1 heterocycles. The minimum atomic E-state index is -0.567. The highest BCUT2D eigenvalue weighted by Gasteiger charge is 2.44. The molecule has 2 unspecified atom stereocenters. The Balaban J connectivity index is 2.11. The van der Waals surface area contributed by atoms with Crippen LogP contribution >= 0.6 is 11.8 Å². The maximum absolute atomic E-state index is 12.5. The second kappa shape index (κ2) is 8.96. The van der Waals surface area contributed by atoms with E-state index < -0.39 is 11.2 Å². The summed E-state index contributed by atoms with van der Waals surface area (Å²) in [5.41, 5.74) is 0.872. The van der Waals surface area contributed by atoms with Crippen molar-refractivity contribution < 1.29 is 19.1 Å². The third-order valence-electron chi connectivity index (χ3n) is 3.78. The Morgan fingerprint density at radius 1 is 1.00 bits per heavy atom. The van der Waals surface area contributed by atoms with Crippen LogP contribution in [0.2, 0.25) is 0 Å². The van der Waals surface area contributed by atoms with Gasteiger partial charge >= 0.3 is 11.9 Å². The number of hydrogen-bond acceptors (Lipinski definition) is 5. The van der Waals surface area contributed by atoms with Crippen LogP contribution in [0.15, 0.2) is 29.2 Å². The highest BCUT2D eigenvalue weighted by Crippen LogP contribution is 2.46. The zero-order valence-corrected chi connectivity index (χ0v) is 14.6. The number of fused-ring (bicyclic) bond motifs is 1. The van der Waals surface area contributed by atoms with E-state index in [4.69, 9.17) is 9.47 Å². The van der Waals surface area contributed by atoms with Gasteiger partial charge in [0.1, 0.15) is 11.2 Å². The molecule has 4 nitrogen and oxygen atoms in total. The fourth-order valence-electron chi connectivity index (χ4n) is 2.45. The molecule has 0 bridgehead atoms. The summed E-state index contributed by atoms with van der Waals surface area (Å²) in [7, 11) is 0. The molecule has 0 aromatic heterocycles. The fourth-order valence-corrected chi connectivity index (χ4v) is 3.77. The van der Waals surface area contributed by atoms with Gasteiger partial charge in [-0.25, -0.2) is 0 Å². The van der Waals surface area contributed by atoms with Crippen LogP contribution < -0.4 is 0 Å². The summed E-state index contributed by atoms with van der Waals surface area (Å²) in [5, 5.41) is -0.543. The van der Waals surface area contributed by atoms with Gasteiger partial charge in [-0.3, -0.25) is 9.59 Å². The van der Waals surface area contributed by atoms with Gasteiger partial charge in [-0.15, -0.1) is 11.8 Å². The topological polar surface area (TPSA) is 52.6 Å². The quantitative estimate of drug-likeness (QED) is 0.532. The van der Waals surface area contributed by atoms with Gasteiger partial charge in [-0.05, 0) is 24.5 Å². The van der Waals surface area contributed by atoms with Gasteiger partial charge in [0.05, 0.1) is 13.2 Å². The first-order valence-electron chi connectivity index (χ1n) is 8.27. The summed E-state index contributed by atoms with van der Waals surface area (Å²) in [6, 6.07) is 7.63. The van der Waals surface area contributed by atoms with E-state index in [1.54, 1.807) is 0 Å². The minimum Gasteiger partial charge on any atom is -0.465 e. The SMILES string of the molecule is CCCCOC(=O)C1Sc2ccccc2C1C(=O)OCCCC. The normalized spacial score (nSPS) is 19.2. The number of ether oxygens (including phenoxy) is 2. The molecule has 0 N–H and O–H groups in total. The second-order valence-electron chi connectivity index (χ2n) is 5.60. The molecular formula is C18H24O4S. The third-order valence-corrected chi connectivity index (χ3v) is 5.13. The molecule has 1 aliphatic heterocycles. The van der Waals surface area contributed by atoms with Crippen LogP contribution in [0, 0.1) is 0 Å². The Labute approximate surface area is 141 Å². The van der Waals surface area contributed by atoms with E-state index in [0.717, 1.165) is 36.1 Å². The molecule has 2 rings (SSSR count). The first kappa shape index (κ1) is 17.9. The van der Waals surface area contributed by atoms with E-state index in [1.165, 1.54) is 11.8 Å². The summed E-state index contributed by atoms with van der Waals surface area (Å²) in [5.74, 6) is -1.22. The van der Waals surface area contributed by atoms with Crippen molar-refractivity contribution in [3.8, 4) is 0 Å². The first-order valence-corrected chi connectivity index (χ1v) is 9.15. The molecule has 1 aromatic rings. The zero-order valence-electron chi connectivity index (χ0n) is 13.7. The zero-order chi connectivity index (χ0) is 16.7. The Bertz CT molecular complexity index is 544. The number of hydrogen-bond donors (Lipinski definition) is 0. The molecule has 2 atom stereocenters. The third kappa shape index (κ3) is 4.50. The Hall–Kier alpha value is -1.49. The average Bonchev–Trinajstić information content (AvgIpc) is 2.94. The van der Waals surface area contributed by atoms with Crippen molar-refractivity contribution in [2.75, 3.05) is 13.2 Å². The largest absolute Gasteiger partial charge is 0.465 e. The Morgan fingerprint density at radius 2 is 1.61 bits per heavy atom. The lowest BCUT2D eigenvalue weighted by Crippen LogP contribution is -2.30. The molecule has 126 valence electrons. The van der Waals surface area contributed by atoms with Gasteiger partial charge in [0, 0.05) is 4.90 Å². The summed E-state index contributed by atoms with van der Waals surface area (Å²) >= 11 is 1.40. The lowest BCUT2D eigenvalue weighted by molar-refractivity contribution is -0.151. The van der Waals surface area contributed by atoms with Crippen LogP contribution in [-0.2, 0) is 19.1 Å². The van der Waals surface area contributed by atoms with Crippen LogP contribution in [0.3, 0.4) is 0 Å². The molecule has 0 spiro atoms. The van der Waals surface area contributed by atoms with Crippen LogP contribution in [0.25, 0.3) is 0 Å². The number of rotatable bonds is 8. The van der Waals surface area contributed by atoms with Crippen molar-refractivity contribution in [3.63, 3.8) is 0 Å². The monoisotopic (exact) mass is 336 g/mol. The van der Waals surface area contributed by atoms with Crippen LogP contribution in [0.4, 0.5) is 0 Å². The molecular weight excluding hydrogens is 312 g/mol. The van der Waals surface area contributed by atoms with Gasteiger partial charge in [-0.2, -0.15) is 0 Å². The lowest BCUT2D eigenvalue weighted by atomic mass is 9.96. The number of benzene rings is 1. The van der Waals surface area contributed by atoms with E-state index >= 15 is 0 Å². The van der Waals surface area contributed by atoms with Crippen LogP contribution in [0.1, 0.15) is 51.0 Å². The van der Waals surface area contributed by atoms with Crippen LogP contribution in [-0.4, -0.2) is 30.4 Å². The fraction of sp³-hybridized carbons (Fsp3) is 0.556. The van der Waals surface area contributed by atoms with Gasteiger partial charge in [0.15, 0.2) is 0 Å². The Morgan fingerprint density at radius 3 is 2.26 bits per heavy atom. The van der Waals surface area contributed by atoms with Crippen molar-refractivity contribution in [2.45, 2.75) is 55.6 Å². The van der Waals surface area contributed by atoms with Gasteiger partial charge in [-0.1, -0.05) is 44.9 Å². The van der Waals surface area contributed by atoms with Gasteiger partial charge in [0.2, 0.25) is 0 Å². The molecule has 0 aliphatic carbocycles. The smallest absolute Gasteiger partial charge is 0.320 e. The predicted molar refractivity (Wildman–Crippen MR) is 90.6 cm³/mol. The number of unbranched alkanes of at least 4 members (excludes halogenated alkanes) is 2. The molecule has 0 amide bonds. The maximum Gasteiger partial charge on any atom is 0.320 e. The highest BCUT2D eigenvalue weighted by molar-refractivity contribution is 8.01. The molecule has 23 heavy (non-hydrogen) atoms. The molecule has 0 saturated carbocycles. The number of esters is 2. The summed E-state index contributed by atoms with van der Waals surface area (Å²) in [4.78, 5) is 25.8. The molecule has 0 fully saturated rings. The maximum atomic E-state index is 12.5.